The number of esters is 1. The lowest BCUT2D eigenvalue weighted by molar-refractivity contribution is -0.141. The number of aryl methyl sites for hydroxylation is 1. The van der Waals surface area contributed by atoms with Crippen LogP contribution in [-0.4, -0.2) is 54.8 Å². The van der Waals surface area contributed by atoms with Gasteiger partial charge in [0.2, 0.25) is 0 Å². The SMILES string of the molecule is COCCN(CCC(=O)OC)Cc1nc(C)cc(Cl)n1. The molecule has 7 heteroatoms. The van der Waals surface area contributed by atoms with Crippen LogP contribution in [-0.2, 0) is 20.8 Å². The highest BCUT2D eigenvalue weighted by atomic mass is 35.5. The minimum Gasteiger partial charge on any atom is -0.469 e. The summed E-state index contributed by atoms with van der Waals surface area (Å²) >= 11 is 5.92. The number of aromatic nitrogens is 2. The lowest BCUT2D eigenvalue weighted by Crippen LogP contribution is -2.30. The summed E-state index contributed by atoms with van der Waals surface area (Å²) in [7, 11) is 3.02. The Kier molecular flexibility index (Phi) is 7.43. The maximum atomic E-state index is 11.2. The third-order valence-corrected chi connectivity index (χ3v) is 2.90. The van der Waals surface area contributed by atoms with Gasteiger partial charge in [-0.15, -0.1) is 0 Å². The fraction of sp³-hybridized carbons (Fsp3) is 0.615. The first-order valence-corrected chi connectivity index (χ1v) is 6.71. The molecule has 0 aromatic carbocycles. The monoisotopic (exact) mass is 301 g/mol. The van der Waals surface area contributed by atoms with Crippen LogP contribution in [0.5, 0.6) is 0 Å². The van der Waals surface area contributed by atoms with E-state index in [0.717, 1.165) is 5.69 Å². The third kappa shape index (κ3) is 6.27. The molecule has 0 N–H and O–H groups in total. The van der Waals surface area contributed by atoms with Gasteiger partial charge in [0.05, 0.1) is 26.7 Å². The van der Waals surface area contributed by atoms with Gasteiger partial charge in [-0.05, 0) is 13.0 Å². The number of hydrogen-bond acceptors (Lipinski definition) is 6. The fourth-order valence-corrected chi connectivity index (χ4v) is 1.96. The predicted molar refractivity (Wildman–Crippen MR) is 75.6 cm³/mol. The summed E-state index contributed by atoms with van der Waals surface area (Å²) in [5.41, 5.74) is 0.819. The van der Waals surface area contributed by atoms with Crippen LogP contribution in [0.2, 0.25) is 5.15 Å². The lowest BCUT2D eigenvalue weighted by Gasteiger charge is -2.20. The first-order valence-electron chi connectivity index (χ1n) is 6.33. The highest BCUT2D eigenvalue weighted by molar-refractivity contribution is 6.29. The second-order valence-electron chi connectivity index (χ2n) is 4.34. The Hall–Kier alpha value is -1.24. The topological polar surface area (TPSA) is 64.5 Å². The molecular formula is C13H20ClN3O3. The minimum absolute atomic E-state index is 0.240. The zero-order chi connectivity index (χ0) is 15.0. The zero-order valence-corrected chi connectivity index (χ0v) is 12.8. The lowest BCUT2D eigenvalue weighted by atomic mass is 10.3. The van der Waals surface area contributed by atoms with Crippen LogP contribution in [0.25, 0.3) is 0 Å². The van der Waals surface area contributed by atoms with Gasteiger partial charge in [0.15, 0.2) is 0 Å². The fourth-order valence-electron chi connectivity index (χ4n) is 1.70. The van der Waals surface area contributed by atoms with E-state index in [1.54, 1.807) is 13.2 Å². The van der Waals surface area contributed by atoms with Crippen molar-refractivity contribution in [1.29, 1.82) is 0 Å². The van der Waals surface area contributed by atoms with Crippen LogP contribution >= 0.6 is 11.6 Å². The maximum Gasteiger partial charge on any atom is 0.306 e. The van der Waals surface area contributed by atoms with Crippen LogP contribution in [0, 0.1) is 6.92 Å². The standard InChI is InChI=1S/C13H20ClN3O3/c1-10-8-11(14)16-12(15-10)9-17(6-7-19-2)5-4-13(18)20-3/h8H,4-7,9H2,1-3H3. The van der Waals surface area contributed by atoms with Gasteiger partial charge in [0.25, 0.3) is 0 Å². The summed E-state index contributed by atoms with van der Waals surface area (Å²) in [5.74, 6) is 0.395. The Morgan fingerprint density at radius 1 is 1.35 bits per heavy atom. The van der Waals surface area contributed by atoms with E-state index in [-0.39, 0.29) is 5.97 Å². The smallest absolute Gasteiger partial charge is 0.306 e. The first kappa shape index (κ1) is 16.8. The number of methoxy groups -OCH3 is 2. The normalized spacial score (nSPS) is 10.8. The van der Waals surface area contributed by atoms with Crippen LogP contribution in [0.4, 0.5) is 0 Å². The molecule has 0 atom stereocenters. The molecule has 112 valence electrons. The van der Waals surface area contributed by atoms with Crippen molar-refractivity contribution >= 4 is 17.6 Å². The Morgan fingerprint density at radius 2 is 2.10 bits per heavy atom. The van der Waals surface area contributed by atoms with Gasteiger partial charge in [-0.2, -0.15) is 0 Å². The van der Waals surface area contributed by atoms with Crippen molar-refractivity contribution in [2.24, 2.45) is 0 Å². The molecule has 0 saturated heterocycles. The van der Waals surface area contributed by atoms with Crippen LogP contribution in [0.1, 0.15) is 17.9 Å². The van der Waals surface area contributed by atoms with Crippen molar-refractivity contribution in [3.8, 4) is 0 Å². The molecule has 0 aliphatic carbocycles. The molecule has 0 saturated carbocycles. The Balaban J connectivity index is 2.64. The van der Waals surface area contributed by atoms with Crippen molar-refractivity contribution in [3.05, 3.63) is 22.7 Å². The van der Waals surface area contributed by atoms with Gasteiger partial charge >= 0.3 is 5.97 Å². The van der Waals surface area contributed by atoms with Gasteiger partial charge in [-0.1, -0.05) is 11.6 Å². The molecule has 6 nitrogen and oxygen atoms in total. The second-order valence-corrected chi connectivity index (χ2v) is 4.73. The summed E-state index contributed by atoms with van der Waals surface area (Å²) in [6.45, 7) is 4.20. The molecule has 0 radical (unpaired) electrons. The number of nitrogens with zero attached hydrogens (tertiary/aromatic N) is 3. The Morgan fingerprint density at radius 3 is 2.70 bits per heavy atom. The minimum atomic E-state index is -0.240. The van der Waals surface area contributed by atoms with Crippen molar-refractivity contribution in [1.82, 2.24) is 14.9 Å². The maximum absolute atomic E-state index is 11.2. The van der Waals surface area contributed by atoms with Gasteiger partial charge in [0, 0.05) is 25.9 Å². The Labute approximate surface area is 124 Å². The number of ether oxygens (including phenoxy) is 2. The number of halogens is 1. The van der Waals surface area contributed by atoms with Crippen molar-refractivity contribution in [2.45, 2.75) is 19.9 Å². The molecule has 1 rings (SSSR count). The molecule has 0 unspecified atom stereocenters. The molecule has 0 bridgehead atoms. The van der Waals surface area contributed by atoms with E-state index in [9.17, 15) is 4.79 Å². The molecule has 1 aromatic heterocycles. The molecular weight excluding hydrogens is 282 g/mol. The average molecular weight is 302 g/mol. The molecule has 20 heavy (non-hydrogen) atoms. The number of rotatable bonds is 8. The third-order valence-electron chi connectivity index (χ3n) is 2.71. The largest absolute Gasteiger partial charge is 0.469 e. The van der Waals surface area contributed by atoms with Crippen molar-refractivity contribution in [3.63, 3.8) is 0 Å². The van der Waals surface area contributed by atoms with Crippen LogP contribution in [0.3, 0.4) is 0 Å². The summed E-state index contributed by atoms with van der Waals surface area (Å²) in [6, 6.07) is 1.71. The van der Waals surface area contributed by atoms with Gasteiger partial charge < -0.3 is 9.47 Å². The molecule has 0 aliphatic heterocycles. The molecule has 1 heterocycles. The summed E-state index contributed by atoms with van der Waals surface area (Å²) < 4.78 is 9.71. The van der Waals surface area contributed by atoms with E-state index in [1.165, 1.54) is 7.11 Å². The van der Waals surface area contributed by atoms with E-state index >= 15 is 0 Å². The molecule has 0 amide bonds. The van der Waals surface area contributed by atoms with E-state index in [1.807, 2.05) is 11.8 Å². The van der Waals surface area contributed by atoms with E-state index in [0.29, 0.717) is 43.6 Å². The second kappa shape index (κ2) is 8.84. The van der Waals surface area contributed by atoms with Crippen molar-refractivity contribution < 1.29 is 14.3 Å². The molecule has 0 fully saturated rings. The molecule has 1 aromatic rings. The quantitative estimate of drug-likeness (QED) is 0.535. The summed E-state index contributed by atoms with van der Waals surface area (Å²) in [6.07, 6.45) is 0.319. The van der Waals surface area contributed by atoms with E-state index in [4.69, 9.17) is 16.3 Å². The van der Waals surface area contributed by atoms with Crippen molar-refractivity contribution in [2.75, 3.05) is 33.9 Å². The van der Waals surface area contributed by atoms with Gasteiger partial charge in [0.1, 0.15) is 11.0 Å². The van der Waals surface area contributed by atoms with Crippen LogP contribution in [0.15, 0.2) is 6.07 Å². The number of carbonyl (C=O) groups is 1. The molecule has 0 aliphatic rings. The number of carbonyl (C=O) groups excluding carboxylic acids is 1. The average Bonchev–Trinajstić information content (AvgIpc) is 2.40. The first-order chi connectivity index (χ1) is 9.55. The highest BCUT2D eigenvalue weighted by Crippen LogP contribution is 2.08. The number of hydrogen-bond donors (Lipinski definition) is 0. The van der Waals surface area contributed by atoms with E-state index in [2.05, 4.69) is 14.7 Å². The molecule has 0 spiro atoms. The zero-order valence-electron chi connectivity index (χ0n) is 12.1. The predicted octanol–water partition coefficient (Wildman–Crippen LogP) is 1.45. The summed E-state index contributed by atoms with van der Waals surface area (Å²) in [4.78, 5) is 21.8. The summed E-state index contributed by atoms with van der Waals surface area (Å²) in [5, 5.41) is 0.423. The van der Waals surface area contributed by atoms with Gasteiger partial charge in [-0.25, -0.2) is 9.97 Å². The van der Waals surface area contributed by atoms with Gasteiger partial charge in [-0.3, -0.25) is 9.69 Å². The van der Waals surface area contributed by atoms with Crippen LogP contribution < -0.4 is 0 Å². The highest BCUT2D eigenvalue weighted by Gasteiger charge is 2.11. The Bertz CT molecular complexity index is 423. The van der Waals surface area contributed by atoms with E-state index < -0.39 is 0 Å².